The number of rotatable bonds is 2. The molecule has 3 heteroatoms. The van der Waals surface area contributed by atoms with Gasteiger partial charge in [-0.25, -0.2) is 0 Å². The monoisotopic (exact) mass is 374 g/mol. The summed E-state index contributed by atoms with van der Waals surface area (Å²) in [6.07, 6.45) is 0. The predicted molar refractivity (Wildman–Crippen MR) is 117 cm³/mol. The van der Waals surface area contributed by atoms with Crippen LogP contribution in [0.15, 0.2) is 109 Å². The lowest BCUT2D eigenvalue weighted by Crippen LogP contribution is -1.76. The van der Waals surface area contributed by atoms with Crippen LogP contribution in [-0.4, -0.2) is 10.2 Å². The predicted octanol–water partition coefficient (Wildman–Crippen LogP) is 6.23. The summed E-state index contributed by atoms with van der Waals surface area (Å²) in [5.41, 5.74) is 3.84. The Bertz CT molecular complexity index is 873. The van der Waals surface area contributed by atoms with Crippen molar-refractivity contribution in [2.75, 3.05) is 0 Å². The van der Waals surface area contributed by atoms with Crippen LogP contribution in [0.3, 0.4) is 0 Å². The second-order valence-electron chi connectivity index (χ2n) is 5.77. The first-order valence-corrected chi connectivity index (χ1v) is 8.42. The van der Waals surface area contributed by atoms with Gasteiger partial charge in [0.25, 0.3) is 0 Å². The summed E-state index contributed by atoms with van der Waals surface area (Å²) in [6.45, 7) is 0. The number of benzene rings is 4. The average Bonchev–Trinajstić information content (AvgIpc) is 2.71. The van der Waals surface area contributed by atoms with Gasteiger partial charge in [-0.1, -0.05) is 97.1 Å². The van der Waals surface area contributed by atoms with Crippen LogP contribution in [0.25, 0.3) is 22.3 Å². The molecule has 2 N–H and O–H groups in total. The number of hydrogen-bond donors (Lipinski definition) is 2. The van der Waals surface area contributed by atoms with Crippen molar-refractivity contribution >= 4 is 13.5 Å². The van der Waals surface area contributed by atoms with Gasteiger partial charge < -0.3 is 10.2 Å². The van der Waals surface area contributed by atoms with Crippen LogP contribution >= 0.6 is 13.5 Å². The quantitative estimate of drug-likeness (QED) is 0.436. The summed E-state index contributed by atoms with van der Waals surface area (Å²) in [5.74, 6) is 0.655. The van der Waals surface area contributed by atoms with Crippen LogP contribution in [0.2, 0.25) is 0 Å². The van der Waals surface area contributed by atoms with E-state index < -0.39 is 0 Å². The highest BCUT2D eigenvalue weighted by Crippen LogP contribution is 2.28. The van der Waals surface area contributed by atoms with Gasteiger partial charge in [0.1, 0.15) is 11.5 Å². The van der Waals surface area contributed by atoms with Crippen LogP contribution < -0.4 is 0 Å². The van der Waals surface area contributed by atoms with Crippen molar-refractivity contribution in [1.82, 2.24) is 0 Å². The van der Waals surface area contributed by atoms with Crippen LogP contribution in [0.4, 0.5) is 0 Å². The second kappa shape index (κ2) is 10.1. The lowest BCUT2D eigenvalue weighted by atomic mass is 10.1. The van der Waals surface area contributed by atoms with Gasteiger partial charge in [0.2, 0.25) is 0 Å². The van der Waals surface area contributed by atoms with Gasteiger partial charge in [-0.05, 0) is 23.3 Å². The summed E-state index contributed by atoms with van der Waals surface area (Å²) >= 11 is 0. The molecule has 0 aliphatic rings. The maximum atomic E-state index is 9.56. The van der Waals surface area contributed by atoms with E-state index in [1.165, 1.54) is 0 Å². The van der Waals surface area contributed by atoms with E-state index in [0.29, 0.717) is 11.5 Å². The topological polar surface area (TPSA) is 40.5 Å². The molecule has 0 saturated heterocycles. The summed E-state index contributed by atoms with van der Waals surface area (Å²) in [4.78, 5) is 0. The molecule has 4 aromatic rings. The lowest BCUT2D eigenvalue weighted by molar-refractivity contribution is 0.477. The summed E-state index contributed by atoms with van der Waals surface area (Å²) in [7, 11) is 0. The minimum Gasteiger partial charge on any atom is -0.507 e. The minimum atomic E-state index is 0. The maximum absolute atomic E-state index is 9.56. The van der Waals surface area contributed by atoms with Crippen molar-refractivity contribution in [2.45, 2.75) is 0 Å². The molecule has 4 aromatic carbocycles. The zero-order valence-electron chi connectivity index (χ0n) is 14.8. The zero-order chi connectivity index (χ0) is 18.2. The molecule has 0 aliphatic heterocycles. The summed E-state index contributed by atoms with van der Waals surface area (Å²) in [5, 5.41) is 19.1. The van der Waals surface area contributed by atoms with E-state index in [1.54, 1.807) is 12.1 Å². The van der Waals surface area contributed by atoms with E-state index >= 15 is 0 Å². The molecule has 0 bridgehead atoms. The Morgan fingerprint density at radius 3 is 1.00 bits per heavy atom. The van der Waals surface area contributed by atoms with E-state index in [9.17, 15) is 10.2 Å². The van der Waals surface area contributed by atoms with Crippen molar-refractivity contribution in [3.05, 3.63) is 109 Å². The van der Waals surface area contributed by atoms with Gasteiger partial charge in [-0.15, -0.1) is 0 Å². The van der Waals surface area contributed by atoms with Crippen molar-refractivity contribution in [1.29, 1.82) is 0 Å². The van der Waals surface area contributed by atoms with Gasteiger partial charge in [-0.3, -0.25) is 0 Å². The largest absolute Gasteiger partial charge is 0.507 e. The van der Waals surface area contributed by atoms with Gasteiger partial charge in [0.05, 0.1) is 0 Å². The molecule has 136 valence electrons. The van der Waals surface area contributed by atoms with E-state index in [2.05, 4.69) is 0 Å². The third-order valence-electron chi connectivity index (χ3n) is 3.98. The number of phenolic OH excluding ortho intramolecular Hbond substituents is 2. The fourth-order valence-corrected chi connectivity index (χ4v) is 2.67. The second-order valence-corrected chi connectivity index (χ2v) is 5.77. The third-order valence-corrected chi connectivity index (χ3v) is 3.98. The van der Waals surface area contributed by atoms with Gasteiger partial charge in [-0.2, -0.15) is 13.5 Å². The summed E-state index contributed by atoms with van der Waals surface area (Å²) < 4.78 is 0. The molecule has 0 spiro atoms. The number of phenols is 2. The van der Waals surface area contributed by atoms with Gasteiger partial charge in [0, 0.05) is 11.1 Å². The zero-order valence-corrected chi connectivity index (χ0v) is 15.8. The first-order valence-electron chi connectivity index (χ1n) is 8.42. The van der Waals surface area contributed by atoms with Crippen LogP contribution in [0, 0.1) is 0 Å². The average molecular weight is 375 g/mol. The van der Waals surface area contributed by atoms with Crippen molar-refractivity contribution in [2.24, 2.45) is 0 Å². The molecular weight excluding hydrogens is 352 g/mol. The Morgan fingerprint density at radius 2 is 0.667 bits per heavy atom. The van der Waals surface area contributed by atoms with Gasteiger partial charge in [0.15, 0.2) is 0 Å². The van der Waals surface area contributed by atoms with Crippen molar-refractivity contribution in [3.8, 4) is 33.8 Å². The normalized spacial score (nSPS) is 9.48. The molecule has 0 fully saturated rings. The number of aromatic hydroxyl groups is 2. The highest BCUT2D eigenvalue weighted by molar-refractivity contribution is 7.59. The molecule has 0 unspecified atom stereocenters. The Kier molecular flexibility index (Phi) is 7.53. The fraction of sp³-hybridized carbons (Fsp3) is 0. The Morgan fingerprint density at radius 1 is 0.370 bits per heavy atom. The molecule has 4 rings (SSSR count). The molecule has 0 saturated carbocycles. The Hall–Kier alpha value is -3.17. The smallest absolute Gasteiger partial charge is 0.123 e. The van der Waals surface area contributed by atoms with E-state index in [4.69, 9.17) is 0 Å². The lowest BCUT2D eigenvalue weighted by Gasteiger charge is -2.02. The van der Waals surface area contributed by atoms with Crippen LogP contribution in [0.5, 0.6) is 11.5 Å². The van der Waals surface area contributed by atoms with E-state index in [1.807, 2.05) is 97.1 Å². The SMILES string of the molecule is Oc1ccccc1-c1ccccc1.Oc1ccccc1-c1ccccc1.S. The molecule has 0 amide bonds. The molecular formula is C24H22O2S. The third kappa shape index (κ3) is 5.40. The molecule has 0 aliphatic carbocycles. The Labute approximate surface area is 166 Å². The molecule has 27 heavy (non-hydrogen) atoms. The standard InChI is InChI=1S/2C12H10O.H2S/c2*13-12-9-5-4-8-11(12)10-6-2-1-3-7-10;/h2*1-9,13H;1H2. The first kappa shape index (κ1) is 20.1. The first-order chi connectivity index (χ1) is 12.8. The van der Waals surface area contributed by atoms with Crippen LogP contribution in [-0.2, 0) is 0 Å². The molecule has 0 atom stereocenters. The molecule has 0 radical (unpaired) electrons. The van der Waals surface area contributed by atoms with E-state index in [-0.39, 0.29) is 13.5 Å². The Balaban J connectivity index is 0.000000187. The highest BCUT2D eigenvalue weighted by Gasteiger charge is 2.01. The van der Waals surface area contributed by atoms with Crippen LogP contribution in [0.1, 0.15) is 0 Å². The highest BCUT2D eigenvalue weighted by atomic mass is 32.1. The van der Waals surface area contributed by atoms with Gasteiger partial charge >= 0.3 is 0 Å². The van der Waals surface area contributed by atoms with Crippen molar-refractivity contribution < 1.29 is 10.2 Å². The van der Waals surface area contributed by atoms with E-state index in [0.717, 1.165) is 22.3 Å². The molecule has 2 nitrogen and oxygen atoms in total. The number of hydrogen-bond acceptors (Lipinski definition) is 2. The fourth-order valence-electron chi connectivity index (χ4n) is 2.67. The summed E-state index contributed by atoms with van der Waals surface area (Å²) in [6, 6.07) is 34.4. The van der Waals surface area contributed by atoms with Crippen molar-refractivity contribution in [3.63, 3.8) is 0 Å². The number of para-hydroxylation sites is 2. The molecule has 0 heterocycles. The maximum Gasteiger partial charge on any atom is 0.123 e. The minimum absolute atomic E-state index is 0. The molecule has 0 aromatic heterocycles.